The van der Waals surface area contributed by atoms with E-state index < -0.39 is 0 Å². The third-order valence-electron chi connectivity index (χ3n) is 4.09. The SMILES string of the molecule is COc1cccc(NC(=O)N2CCCC2c2ccc(F)cc2)c1. The van der Waals surface area contributed by atoms with E-state index in [-0.39, 0.29) is 17.9 Å². The quantitative estimate of drug-likeness (QED) is 0.922. The number of nitrogens with zero attached hydrogens (tertiary/aromatic N) is 1. The van der Waals surface area contributed by atoms with Gasteiger partial charge in [-0.05, 0) is 42.7 Å². The summed E-state index contributed by atoms with van der Waals surface area (Å²) in [7, 11) is 1.59. The van der Waals surface area contributed by atoms with Crippen LogP contribution < -0.4 is 10.1 Å². The Morgan fingerprint density at radius 2 is 2.04 bits per heavy atom. The minimum atomic E-state index is -0.265. The molecule has 1 N–H and O–H groups in total. The number of carbonyl (C=O) groups excluding carboxylic acids is 1. The summed E-state index contributed by atoms with van der Waals surface area (Å²) in [5.41, 5.74) is 1.66. The zero-order chi connectivity index (χ0) is 16.2. The maximum atomic E-state index is 13.1. The van der Waals surface area contributed by atoms with Gasteiger partial charge in [0.25, 0.3) is 0 Å². The lowest BCUT2D eigenvalue weighted by molar-refractivity contribution is 0.207. The van der Waals surface area contributed by atoms with Gasteiger partial charge >= 0.3 is 6.03 Å². The molecule has 0 spiro atoms. The zero-order valence-corrected chi connectivity index (χ0v) is 13.0. The molecule has 0 bridgehead atoms. The molecule has 120 valence electrons. The van der Waals surface area contributed by atoms with Crippen molar-refractivity contribution in [3.8, 4) is 5.75 Å². The third kappa shape index (κ3) is 3.44. The second-order valence-corrected chi connectivity index (χ2v) is 5.57. The Morgan fingerprint density at radius 1 is 1.26 bits per heavy atom. The molecule has 1 unspecified atom stereocenters. The van der Waals surface area contributed by atoms with E-state index in [1.807, 2.05) is 18.2 Å². The van der Waals surface area contributed by atoms with Gasteiger partial charge in [0, 0.05) is 18.3 Å². The standard InChI is InChI=1S/C18H19FN2O2/c1-23-16-5-2-4-15(12-16)20-18(22)21-11-3-6-17(21)13-7-9-14(19)10-8-13/h2,4-5,7-10,12,17H,3,6,11H2,1H3,(H,20,22). The average molecular weight is 314 g/mol. The van der Waals surface area contributed by atoms with Crippen LogP contribution in [0.25, 0.3) is 0 Å². The number of hydrogen-bond acceptors (Lipinski definition) is 2. The van der Waals surface area contributed by atoms with E-state index in [1.165, 1.54) is 12.1 Å². The first-order chi connectivity index (χ1) is 11.2. The van der Waals surface area contributed by atoms with Crippen molar-refractivity contribution in [2.45, 2.75) is 18.9 Å². The second kappa shape index (κ2) is 6.69. The van der Waals surface area contributed by atoms with Crippen LogP contribution in [0.4, 0.5) is 14.9 Å². The maximum absolute atomic E-state index is 13.1. The molecule has 1 atom stereocenters. The number of benzene rings is 2. The van der Waals surface area contributed by atoms with Crippen LogP contribution in [0, 0.1) is 5.82 Å². The van der Waals surface area contributed by atoms with E-state index in [4.69, 9.17) is 4.74 Å². The summed E-state index contributed by atoms with van der Waals surface area (Å²) in [5.74, 6) is 0.429. The van der Waals surface area contributed by atoms with Crippen molar-refractivity contribution < 1.29 is 13.9 Å². The van der Waals surface area contributed by atoms with Crippen molar-refractivity contribution in [3.05, 3.63) is 59.9 Å². The van der Waals surface area contributed by atoms with Crippen LogP contribution in [-0.2, 0) is 0 Å². The number of amides is 2. The summed E-state index contributed by atoms with van der Waals surface area (Å²) in [6.07, 6.45) is 1.82. The van der Waals surface area contributed by atoms with Gasteiger partial charge in [-0.1, -0.05) is 18.2 Å². The Hall–Kier alpha value is -2.56. The van der Waals surface area contributed by atoms with Crippen molar-refractivity contribution in [2.24, 2.45) is 0 Å². The lowest BCUT2D eigenvalue weighted by Gasteiger charge is -2.25. The molecule has 1 aliphatic rings. The number of hydrogen-bond donors (Lipinski definition) is 1. The topological polar surface area (TPSA) is 41.6 Å². The molecule has 2 aromatic rings. The monoisotopic (exact) mass is 314 g/mol. The minimum Gasteiger partial charge on any atom is -0.497 e. The fourth-order valence-corrected chi connectivity index (χ4v) is 2.94. The summed E-state index contributed by atoms with van der Waals surface area (Å²) in [6, 6.07) is 13.5. The average Bonchev–Trinajstić information content (AvgIpc) is 3.05. The third-order valence-corrected chi connectivity index (χ3v) is 4.09. The summed E-state index contributed by atoms with van der Waals surface area (Å²) < 4.78 is 18.2. The van der Waals surface area contributed by atoms with E-state index in [0.717, 1.165) is 18.4 Å². The van der Waals surface area contributed by atoms with Gasteiger partial charge in [0.05, 0.1) is 13.2 Å². The van der Waals surface area contributed by atoms with E-state index in [0.29, 0.717) is 18.0 Å². The predicted octanol–water partition coefficient (Wildman–Crippen LogP) is 4.20. The maximum Gasteiger partial charge on any atom is 0.322 e. The van der Waals surface area contributed by atoms with Crippen molar-refractivity contribution in [2.75, 3.05) is 19.0 Å². The molecule has 3 rings (SSSR count). The zero-order valence-electron chi connectivity index (χ0n) is 13.0. The Morgan fingerprint density at radius 3 is 2.78 bits per heavy atom. The first-order valence-electron chi connectivity index (χ1n) is 7.64. The van der Waals surface area contributed by atoms with Crippen LogP contribution in [-0.4, -0.2) is 24.6 Å². The molecule has 23 heavy (non-hydrogen) atoms. The fourth-order valence-electron chi connectivity index (χ4n) is 2.94. The van der Waals surface area contributed by atoms with Crippen molar-refractivity contribution in [1.29, 1.82) is 0 Å². The van der Waals surface area contributed by atoms with Gasteiger partial charge in [-0.15, -0.1) is 0 Å². The molecule has 1 fully saturated rings. The smallest absolute Gasteiger partial charge is 0.322 e. The predicted molar refractivity (Wildman–Crippen MR) is 87.1 cm³/mol. The van der Waals surface area contributed by atoms with Gasteiger partial charge in [0.2, 0.25) is 0 Å². The number of rotatable bonds is 3. The molecule has 1 aliphatic heterocycles. The van der Waals surface area contributed by atoms with Crippen LogP contribution in [0.15, 0.2) is 48.5 Å². The van der Waals surface area contributed by atoms with E-state index >= 15 is 0 Å². The number of urea groups is 1. The molecule has 0 radical (unpaired) electrons. The molecule has 2 aromatic carbocycles. The molecular formula is C18H19FN2O2. The van der Waals surface area contributed by atoms with Crippen LogP contribution in [0.3, 0.4) is 0 Å². The molecule has 4 nitrogen and oxygen atoms in total. The van der Waals surface area contributed by atoms with Gasteiger partial charge in [-0.3, -0.25) is 0 Å². The van der Waals surface area contributed by atoms with Gasteiger partial charge in [0.15, 0.2) is 0 Å². The van der Waals surface area contributed by atoms with Crippen LogP contribution in [0.5, 0.6) is 5.75 Å². The number of ether oxygens (including phenoxy) is 1. The minimum absolute atomic E-state index is 0.0128. The van der Waals surface area contributed by atoms with Gasteiger partial charge < -0.3 is 15.0 Å². The Kier molecular flexibility index (Phi) is 4.46. The van der Waals surface area contributed by atoms with Crippen molar-refractivity contribution in [1.82, 2.24) is 4.90 Å². The molecule has 5 heteroatoms. The number of anilines is 1. The first kappa shape index (κ1) is 15.3. The van der Waals surface area contributed by atoms with E-state index in [9.17, 15) is 9.18 Å². The Bertz CT molecular complexity index is 688. The highest BCUT2D eigenvalue weighted by molar-refractivity contribution is 5.90. The highest BCUT2D eigenvalue weighted by Crippen LogP contribution is 2.32. The molecular weight excluding hydrogens is 295 g/mol. The number of carbonyl (C=O) groups is 1. The number of methoxy groups -OCH3 is 1. The fraction of sp³-hybridized carbons (Fsp3) is 0.278. The number of likely N-dealkylation sites (tertiary alicyclic amines) is 1. The summed E-state index contributed by atoms with van der Waals surface area (Å²) in [4.78, 5) is 14.4. The lowest BCUT2D eigenvalue weighted by Crippen LogP contribution is -2.34. The molecule has 0 aromatic heterocycles. The molecule has 2 amide bonds. The molecule has 0 aliphatic carbocycles. The normalized spacial score (nSPS) is 17.1. The summed E-state index contributed by atoms with van der Waals surface area (Å²) in [5, 5.41) is 2.90. The largest absolute Gasteiger partial charge is 0.497 e. The van der Waals surface area contributed by atoms with Crippen LogP contribution >= 0.6 is 0 Å². The molecule has 1 heterocycles. The highest BCUT2D eigenvalue weighted by Gasteiger charge is 2.30. The summed E-state index contributed by atoms with van der Waals surface area (Å²) >= 11 is 0. The van der Waals surface area contributed by atoms with E-state index in [1.54, 1.807) is 30.2 Å². The molecule has 1 saturated heterocycles. The van der Waals surface area contributed by atoms with Gasteiger partial charge in [-0.25, -0.2) is 9.18 Å². The van der Waals surface area contributed by atoms with Gasteiger partial charge in [0.1, 0.15) is 11.6 Å². The van der Waals surface area contributed by atoms with Gasteiger partial charge in [-0.2, -0.15) is 0 Å². The second-order valence-electron chi connectivity index (χ2n) is 5.57. The van der Waals surface area contributed by atoms with Crippen LogP contribution in [0.2, 0.25) is 0 Å². The number of nitrogens with one attached hydrogen (secondary N) is 1. The highest BCUT2D eigenvalue weighted by atomic mass is 19.1. The van der Waals surface area contributed by atoms with Crippen LogP contribution in [0.1, 0.15) is 24.4 Å². The Labute approximate surface area is 134 Å². The lowest BCUT2D eigenvalue weighted by atomic mass is 10.0. The molecule has 0 saturated carbocycles. The first-order valence-corrected chi connectivity index (χ1v) is 7.64. The summed E-state index contributed by atoms with van der Waals surface area (Å²) in [6.45, 7) is 0.692. The number of halogens is 1. The van der Waals surface area contributed by atoms with Crippen molar-refractivity contribution in [3.63, 3.8) is 0 Å². The Balaban J connectivity index is 1.74. The van der Waals surface area contributed by atoms with Crippen molar-refractivity contribution >= 4 is 11.7 Å². The van der Waals surface area contributed by atoms with E-state index in [2.05, 4.69) is 5.32 Å².